The highest BCUT2D eigenvalue weighted by Gasteiger charge is 2.54. The molecule has 0 saturated carbocycles. The number of nitrogens with zero attached hydrogens (tertiary/aromatic N) is 6. The minimum absolute atomic E-state index is 0.0947. The van der Waals surface area contributed by atoms with E-state index >= 15 is 0 Å². The summed E-state index contributed by atoms with van der Waals surface area (Å²) in [5, 5.41) is 31.6. The normalized spacial score (nSPS) is 23.4. The predicted molar refractivity (Wildman–Crippen MR) is 131 cm³/mol. The van der Waals surface area contributed by atoms with Gasteiger partial charge in [-0.2, -0.15) is 5.21 Å². The number of aromatic amines is 1. The van der Waals surface area contributed by atoms with Gasteiger partial charge in [-0.15, -0.1) is 33.3 Å². The maximum atomic E-state index is 13.1. The Morgan fingerprint density at radius 1 is 1.44 bits per heavy atom. The summed E-state index contributed by atoms with van der Waals surface area (Å²) in [6.45, 7) is 0. The molecule has 1 fully saturated rings. The van der Waals surface area contributed by atoms with Gasteiger partial charge in [0.1, 0.15) is 28.9 Å². The topological polar surface area (TPSA) is 202 Å². The molecule has 36 heavy (non-hydrogen) atoms. The van der Waals surface area contributed by atoms with Crippen LogP contribution in [0.25, 0.3) is 0 Å². The van der Waals surface area contributed by atoms with Crippen molar-refractivity contribution in [3.05, 3.63) is 34.5 Å². The van der Waals surface area contributed by atoms with Gasteiger partial charge in [-0.1, -0.05) is 23.0 Å². The molecule has 2 aromatic heterocycles. The highest BCUT2D eigenvalue weighted by molar-refractivity contribution is 8.01. The van der Waals surface area contributed by atoms with Gasteiger partial charge in [-0.3, -0.25) is 14.5 Å². The van der Waals surface area contributed by atoms with Crippen molar-refractivity contribution in [1.29, 1.82) is 0 Å². The number of aromatic nitrogens is 5. The number of tetrazole rings is 1. The van der Waals surface area contributed by atoms with Crippen LogP contribution >= 0.6 is 34.9 Å². The molecule has 5 N–H and O–H groups in total. The van der Waals surface area contributed by atoms with E-state index in [1.54, 1.807) is 5.38 Å². The van der Waals surface area contributed by atoms with Gasteiger partial charge in [0, 0.05) is 16.9 Å². The van der Waals surface area contributed by atoms with Crippen LogP contribution in [0.4, 0.5) is 5.13 Å². The molecule has 188 valence electrons. The zero-order chi connectivity index (χ0) is 25.2. The number of rotatable bonds is 9. The van der Waals surface area contributed by atoms with Crippen LogP contribution in [-0.2, 0) is 19.2 Å². The molecule has 0 aromatic carbocycles. The van der Waals surface area contributed by atoms with Gasteiger partial charge < -0.3 is 21.0 Å². The molecular formula is C19H19N9O5S3. The van der Waals surface area contributed by atoms with Crippen molar-refractivity contribution >= 4 is 63.5 Å². The van der Waals surface area contributed by atoms with Crippen LogP contribution in [0, 0.1) is 0 Å². The monoisotopic (exact) mass is 549 g/mol. The number of β-lactam (4-membered cyclic amide) rings is 1. The molecule has 1 saturated heterocycles. The van der Waals surface area contributed by atoms with E-state index in [2.05, 4.69) is 36.1 Å². The van der Waals surface area contributed by atoms with E-state index in [-0.39, 0.29) is 34.1 Å². The molecular weight excluding hydrogens is 530 g/mol. The molecule has 17 heteroatoms. The second-order valence-electron chi connectivity index (χ2n) is 7.76. The van der Waals surface area contributed by atoms with Crippen molar-refractivity contribution in [1.82, 2.24) is 35.8 Å². The Balaban J connectivity index is 1.31. The number of thiazole rings is 1. The lowest BCUT2D eigenvalue weighted by atomic mass is 10.0. The summed E-state index contributed by atoms with van der Waals surface area (Å²) in [6.07, 6.45) is 5.15. The number of aliphatic carboxylic acids is 1. The Morgan fingerprint density at radius 3 is 2.97 bits per heavy atom. The minimum Gasteiger partial charge on any atom is -0.477 e. The van der Waals surface area contributed by atoms with Gasteiger partial charge in [0.05, 0.1) is 0 Å². The molecule has 5 rings (SSSR count). The molecule has 2 aliphatic heterocycles. The molecule has 3 atom stereocenters. The van der Waals surface area contributed by atoms with E-state index in [0.717, 1.165) is 24.2 Å². The lowest BCUT2D eigenvalue weighted by Gasteiger charge is -2.49. The number of allylic oxidation sites excluding steroid dienone is 1. The Hall–Kier alpha value is -3.44. The summed E-state index contributed by atoms with van der Waals surface area (Å²) in [5.41, 5.74) is 6.30. The quantitative estimate of drug-likeness (QED) is 0.109. The van der Waals surface area contributed by atoms with Crippen LogP contribution in [0.5, 0.6) is 0 Å². The molecule has 0 radical (unpaired) electrons. The molecule has 1 aliphatic carbocycles. The molecule has 3 aliphatic rings. The SMILES string of the molecule is Nc1nc(C(=NOC2C=CCC2)C(=O)NC2C(=O)N3C(C(=O)O)=C(CSc4nn[nH]n4)CS[C@H]23)cs1. The number of carbonyl (C=O) groups excluding carboxylic acids is 2. The van der Waals surface area contributed by atoms with E-state index in [1.807, 2.05) is 12.2 Å². The van der Waals surface area contributed by atoms with Crippen molar-refractivity contribution < 1.29 is 24.3 Å². The lowest BCUT2D eigenvalue weighted by molar-refractivity contribution is -0.150. The summed E-state index contributed by atoms with van der Waals surface area (Å²) in [5.74, 6) is -1.79. The number of hydrogen-bond donors (Lipinski definition) is 4. The fraction of sp³-hybridized carbons (Fsp3) is 0.368. The van der Waals surface area contributed by atoms with Gasteiger partial charge in [0.25, 0.3) is 11.8 Å². The summed E-state index contributed by atoms with van der Waals surface area (Å²) in [6, 6.07) is -0.934. The first-order chi connectivity index (χ1) is 17.4. The summed E-state index contributed by atoms with van der Waals surface area (Å²) in [4.78, 5) is 49.0. The largest absolute Gasteiger partial charge is 0.477 e. The average molecular weight is 550 g/mol. The second-order valence-corrected chi connectivity index (χ2v) is 10.7. The number of amides is 2. The Labute approximate surface area is 215 Å². The third-order valence-corrected chi connectivity index (χ3v) is 8.40. The van der Waals surface area contributed by atoms with Gasteiger partial charge >= 0.3 is 5.97 Å². The van der Waals surface area contributed by atoms with Crippen molar-refractivity contribution in [3.63, 3.8) is 0 Å². The second kappa shape index (κ2) is 10.3. The zero-order valence-corrected chi connectivity index (χ0v) is 20.8. The number of carboxylic acids is 1. The highest BCUT2D eigenvalue weighted by atomic mass is 32.2. The molecule has 2 aromatic rings. The molecule has 0 spiro atoms. The van der Waals surface area contributed by atoms with E-state index in [1.165, 1.54) is 28.4 Å². The van der Waals surface area contributed by atoms with E-state index in [9.17, 15) is 19.5 Å². The minimum atomic E-state index is -1.22. The lowest BCUT2D eigenvalue weighted by Crippen LogP contribution is -2.71. The maximum Gasteiger partial charge on any atom is 0.352 e. The summed E-state index contributed by atoms with van der Waals surface area (Å²) < 4.78 is 0. The van der Waals surface area contributed by atoms with Gasteiger partial charge in [0.15, 0.2) is 10.8 Å². The number of thioether (sulfide) groups is 2. The van der Waals surface area contributed by atoms with Crippen LogP contribution in [0.1, 0.15) is 18.5 Å². The fourth-order valence-electron chi connectivity index (χ4n) is 3.78. The zero-order valence-electron chi connectivity index (χ0n) is 18.4. The van der Waals surface area contributed by atoms with E-state index < -0.39 is 29.2 Å². The summed E-state index contributed by atoms with van der Waals surface area (Å²) >= 11 is 3.70. The van der Waals surface area contributed by atoms with Crippen LogP contribution in [0.3, 0.4) is 0 Å². The first-order valence-electron chi connectivity index (χ1n) is 10.6. The van der Waals surface area contributed by atoms with Gasteiger partial charge in [0.2, 0.25) is 5.16 Å². The van der Waals surface area contributed by atoms with Crippen LogP contribution in [0.15, 0.2) is 39.1 Å². The third-order valence-electron chi connectivity index (χ3n) is 5.47. The molecule has 2 amide bonds. The van der Waals surface area contributed by atoms with Crippen molar-refractivity contribution in [2.24, 2.45) is 5.16 Å². The number of nitrogens with one attached hydrogen (secondary N) is 2. The van der Waals surface area contributed by atoms with Crippen molar-refractivity contribution in [3.8, 4) is 0 Å². The molecule has 4 heterocycles. The number of carbonyl (C=O) groups is 3. The number of nitrogen functional groups attached to an aromatic ring is 1. The predicted octanol–water partition coefficient (Wildman–Crippen LogP) is 0.209. The first kappa shape index (κ1) is 24.3. The number of anilines is 1. The Morgan fingerprint density at radius 2 is 2.31 bits per heavy atom. The number of nitrogens with two attached hydrogens (primary N) is 1. The third kappa shape index (κ3) is 4.80. The van der Waals surface area contributed by atoms with Crippen molar-refractivity contribution in [2.75, 3.05) is 17.2 Å². The molecule has 14 nitrogen and oxygen atoms in total. The smallest absolute Gasteiger partial charge is 0.352 e. The number of hydrogen-bond acceptors (Lipinski definition) is 13. The van der Waals surface area contributed by atoms with Gasteiger partial charge in [-0.25, -0.2) is 9.78 Å². The number of carboxylic acid groups (broad SMARTS) is 1. The van der Waals surface area contributed by atoms with E-state index in [0.29, 0.717) is 16.5 Å². The van der Waals surface area contributed by atoms with Crippen LogP contribution in [0.2, 0.25) is 0 Å². The Kier molecular flexibility index (Phi) is 6.92. The standard InChI is InChI=1S/C19H19N9O5S3/c20-18-21-10(7-35-18)11(25-33-9-3-1-2-4-9)14(29)22-12-15(30)28-13(17(31)32)8(5-34-16(12)28)6-36-19-23-26-27-24-19/h1,3,7,9,12,16H,2,4-6H2,(H2,20,21)(H,22,29)(H,31,32)(H,23,24,26,27)/t9?,12?,16-/m1/s1. The van der Waals surface area contributed by atoms with E-state index in [4.69, 9.17) is 10.6 Å². The average Bonchev–Trinajstić information content (AvgIpc) is 3.64. The maximum absolute atomic E-state index is 13.1. The Bertz CT molecular complexity index is 1280. The first-order valence-corrected chi connectivity index (χ1v) is 13.5. The van der Waals surface area contributed by atoms with Gasteiger partial charge in [-0.05, 0) is 29.7 Å². The van der Waals surface area contributed by atoms with Crippen LogP contribution < -0.4 is 11.1 Å². The summed E-state index contributed by atoms with van der Waals surface area (Å²) in [7, 11) is 0. The highest BCUT2D eigenvalue weighted by Crippen LogP contribution is 2.41. The molecule has 0 bridgehead atoms. The van der Waals surface area contributed by atoms with Crippen LogP contribution in [-0.4, -0.2) is 88.1 Å². The number of fused-ring (bicyclic) bond motifs is 1. The fourth-order valence-corrected chi connectivity index (χ4v) is 6.55. The number of H-pyrrole nitrogens is 1. The van der Waals surface area contributed by atoms with Crippen molar-refractivity contribution in [2.45, 2.75) is 35.5 Å². The molecule has 2 unspecified atom stereocenters. The number of oxime groups is 1.